The highest BCUT2D eigenvalue weighted by Crippen LogP contribution is 2.29. The molecule has 0 aliphatic rings. The number of halogens is 3. The summed E-state index contributed by atoms with van der Waals surface area (Å²) in [6.45, 7) is 5.11. The number of benzene rings is 1. The van der Waals surface area contributed by atoms with E-state index in [2.05, 4.69) is 10.1 Å². The van der Waals surface area contributed by atoms with Gasteiger partial charge in [0.2, 0.25) is 5.91 Å². The fourth-order valence-electron chi connectivity index (χ4n) is 2.29. The zero-order chi connectivity index (χ0) is 18.1. The molecule has 0 aliphatic heterocycles. The summed E-state index contributed by atoms with van der Waals surface area (Å²) in [5, 5.41) is 2.76. The molecule has 1 amide bonds. The number of alkyl halides is 3. The second-order valence-corrected chi connectivity index (χ2v) is 6.31. The summed E-state index contributed by atoms with van der Waals surface area (Å²) < 4.78 is 43.1. The van der Waals surface area contributed by atoms with Gasteiger partial charge in [0.15, 0.2) is 11.2 Å². The monoisotopic (exact) mass is 342 g/mol. The number of nitrogens with zero attached hydrogens (tertiary/aromatic N) is 1. The minimum atomic E-state index is -4.90. The number of hydrogen-bond donors (Lipinski definition) is 1. The van der Waals surface area contributed by atoms with Crippen molar-refractivity contribution >= 4 is 16.8 Å². The summed E-state index contributed by atoms with van der Waals surface area (Å²) in [5.74, 6) is -0.921. The molecule has 0 fully saturated rings. The molecule has 0 spiro atoms. The van der Waals surface area contributed by atoms with E-state index in [0.717, 1.165) is 6.07 Å². The number of pyridine rings is 1. The van der Waals surface area contributed by atoms with Crippen LogP contribution in [0.2, 0.25) is 0 Å². The molecule has 0 unspecified atom stereocenters. The number of carbonyl (C=O) groups excluding carboxylic acids is 1. The number of fused-ring (bicyclic) bond motifs is 1. The van der Waals surface area contributed by atoms with E-state index in [9.17, 15) is 22.8 Å². The van der Waals surface area contributed by atoms with Crippen molar-refractivity contribution < 1.29 is 22.7 Å². The maximum absolute atomic E-state index is 12.6. The molecule has 1 N–H and O–H groups in total. The minimum Gasteiger partial charge on any atom is -0.404 e. The van der Waals surface area contributed by atoms with Gasteiger partial charge in [0.05, 0.1) is 5.52 Å². The van der Waals surface area contributed by atoms with E-state index >= 15 is 0 Å². The summed E-state index contributed by atoms with van der Waals surface area (Å²) in [4.78, 5) is 24.0. The Morgan fingerprint density at radius 2 is 1.88 bits per heavy atom. The number of aromatic nitrogens is 1. The number of nitrogens with one attached hydrogen (secondary N) is 1. The molecule has 2 aromatic rings. The quantitative estimate of drug-likeness (QED) is 0.933. The lowest BCUT2D eigenvalue weighted by atomic mass is 10.1. The second-order valence-electron chi connectivity index (χ2n) is 6.31. The van der Waals surface area contributed by atoms with Crippen LogP contribution in [-0.4, -0.2) is 22.4 Å². The summed E-state index contributed by atoms with van der Waals surface area (Å²) in [6.07, 6.45) is -3.63. The van der Waals surface area contributed by atoms with E-state index in [1.807, 2.05) is 0 Å². The van der Waals surface area contributed by atoms with Gasteiger partial charge in [-0.15, -0.1) is 13.2 Å². The van der Waals surface area contributed by atoms with Crippen LogP contribution in [0.1, 0.15) is 20.8 Å². The third kappa shape index (κ3) is 4.50. The highest BCUT2D eigenvalue weighted by Gasteiger charge is 2.32. The van der Waals surface area contributed by atoms with Gasteiger partial charge >= 0.3 is 6.36 Å². The molecule has 0 bridgehead atoms. The Bertz CT molecular complexity index is 820. The Morgan fingerprint density at radius 1 is 1.21 bits per heavy atom. The largest absolute Gasteiger partial charge is 0.573 e. The van der Waals surface area contributed by atoms with Crippen molar-refractivity contribution in [3.8, 4) is 5.75 Å². The first-order valence-corrected chi connectivity index (χ1v) is 7.15. The predicted molar refractivity (Wildman–Crippen MR) is 82.8 cm³/mol. The first-order chi connectivity index (χ1) is 11.0. The van der Waals surface area contributed by atoms with Crippen molar-refractivity contribution in [1.82, 2.24) is 9.88 Å². The van der Waals surface area contributed by atoms with Crippen molar-refractivity contribution in [3.05, 3.63) is 40.7 Å². The normalized spacial score (nSPS) is 12.2. The maximum atomic E-state index is 12.6. The lowest BCUT2D eigenvalue weighted by molar-refractivity contribution is -0.274. The van der Waals surface area contributed by atoms with Crippen LogP contribution < -0.4 is 15.5 Å². The molecule has 24 heavy (non-hydrogen) atoms. The lowest BCUT2D eigenvalue weighted by Crippen LogP contribution is -2.42. The standard InChI is InChI=1S/C16H17F3N2O3/c1-15(2,3)20-13(23)9-21-8-7-11(22)10-5-4-6-12(14(10)21)24-16(17,18)19/h4-8H,9H2,1-3H3,(H,20,23). The van der Waals surface area contributed by atoms with E-state index in [-0.39, 0.29) is 17.4 Å². The highest BCUT2D eigenvalue weighted by molar-refractivity contribution is 5.86. The molecule has 0 radical (unpaired) electrons. The Kier molecular flexibility index (Phi) is 4.59. The number of ether oxygens (including phenoxy) is 1. The number of carbonyl (C=O) groups is 1. The number of hydrogen-bond acceptors (Lipinski definition) is 3. The number of para-hydroxylation sites is 1. The third-order valence-electron chi connectivity index (χ3n) is 3.01. The van der Waals surface area contributed by atoms with Crippen LogP contribution in [0.4, 0.5) is 13.2 Å². The van der Waals surface area contributed by atoms with Gasteiger partial charge in [0.25, 0.3) is 0 Å². The van der Waals surface area contributed by atoms with Gasteiger partial charge in [-0.05, 0) is 32.9 Å². The van der Waals surface area contributed by atoms with E-state index < -0.39 is 29.0 Å². The predicted octanol–water partition coefficient (Wildman–Crippen LogP) is 2.81. The smallest absolute Gasteiger partial charge is 0.404 e. The number of rotatable bonds is 3. The zero-order valence-corrected chi connectivity index (χ0v) is 13.4. The molecule has 130 valence electrons. The Balaban J connectivity index is 2.52. The van der Waals surface area contributed by atoms with Gasteiger partial charge in [-0.1, -0.05) is 6.07 Å². The first-order valence-electron chi connectivity index (χ1n) is 7.15. The zero-order valence-electron chi connectivity index (χ0n) is 13.4. The SMILES string of the molecule is CC(C)(C)NC(=O)Cn1ccc(=O)c2cccc(OC(F)(F)F)c21. The fraction of sp³-hybridized carbons (Fsp3) is 0.375. The summed E-state index contributed by atoms with van der Waals surface area (Å²) in [5.41, 5.74) is -1.02. The second kappa shape index (κ2) is 6.18. The molecule has 1 heterocycles. The van der Waals surface area contributed by atoms with Crippen LogP contribution in [0.3, 0.4) is 0 Å². The van der Waals surface area contributed by atoms with Crippen LogP contribution in [0, 0.1) is 0 Å². The van der Waals surface area contributed by atoms with Crippen molar-refractivity contribution in [2.75, 3.05) is 0 Å². The van der Waals surface area contributed by atoms with Gasteiger partial charge < -0.3 is 14.6 Å². The summed E-state index contributed by atoms with van der Waals surface area (Å²) >= 11 is 0. The van der Waals surface area contributed by atoms with E-state index in [1.165, 1.54) is 29.0 Å². The molecular weight excluding hydrogens is 325 g/mol. The van der Waals surface area contributed by atoms with Crippen LogP contribution in [0.5, 0.6) is 5.75 Å². The molecule has 1 aromatic carbocycles. The lowest BCUT2D eigenvalue weighted by Gasteiger charge is -2.22. The summed E-state index contributed by atoms with van der Waals surface area (Å²) in [6, 6.07) is 4.99. The molecule has 5 nitrogen and oxygen atoms in total. The van der Waals surface area contributed by atoms with Crippen molar-refractivity contribution in [2.45, 2.75) is 39.2 Å². The fourth-order valence-corrected chi connectivity index (χ4v) is 2.29. The van der Waals surface area contributed by atoms with Gasteiger partial charge in [-0.3, -0.25) is 9.59 Å². The van der Waals surface area contributed by atoms with Crippen LogP contribution >= 0.6 is 0 Å². The molecule has 2 rings (SSSR count). The number of amides is 1. The Labute approximate surface area is 136 Å². The van der Waals surface area contributed by atoms with E-state index in [1.54, 1.807) is 20.8 Å². The van der Waals surface area contributed by atoms with Crippen LogP contribution in [-0.2, 0) is 11.3 Å². The molecule has 0 saturated carbocycles. The third-order valence-corrected chi connectivity index (χ3v) is 3.01. The van der Waals surface area contributed by atoms with E-state index in [0.29, 0.717) is 0 Å². The van der Waals surface area contributed by atoms with Crippen LogP contribution in [0.15, 0.2) is 35.3 Å². The summed E-state index contributed by atoms with van der Waals surface area (Å²) in [7, 11) is 0. The Morgan fingerprint density at radius 3 is 2.46 bits per heavy atom. The average Bonchev–Trinajstić information content (AvgIpc) is 2.38. The average molecular weight is 342 g/mol. The minimum absolute atomic E-state index is 0.0443. The van der Waals surface area contributed by atoms with Gasteiger partial charge in [0.1, 0.15) is 6.54 Å². The van der Waals surface area contributed by atoms with Gasteiger partial charge in [0, 0.05) is 23.2 Å². The van der Waals surface area contributed by atoms with Gasteiger partial charge in [-0.25, -0.2) is 0 Å². The molecule has 0 atom stereocenters. The first kappa shape index (κ1) is 17.8. The molecule has 1 aromatic heterocycles. The van der Waals surface area contributed by atoms with Crippen molar-refractivity contribution in [2.24, 2.45) is 0 Å². The van der Waals surface area contributed by atoms with E-state index in [4.69, 9.17) is 0 Å². The molecule has 0 aliphatic carbocycles. The molecule has 0 saturated heterocycles. The maximum Gasteiger partial charge on any atom is 0.573 e. The molecule has 8 heteroatoms. The van der Waals surface area contributed by atoms with Crippen molar-refractivity contribution in [3.63, 3.8) is 0 Å². The van der Waals surface area contributed by atoms with Crippen LogP contribution in [0.25, 0.3) is 10.9 Å². The highest BCUT2D eigenvalue weighted by atomic mass is 19.4. The topological polar surface area (TPSA) is 60.3 Å². The van der Waals surface area contributed by atoms with Crippen molar-refractivity contribution in [1.29, 1.82) is 0 Å². The Hall–Kier alpha value is -2.51. The van der Waals surface area contributed by atoms with Gasteiger partial charge in [-0.2, -0.15) is 0 Å². The molecular formula is C16H17F3N2O3.